The Labute approximate surface area is 277 Å². The zero-order valence-corrected chi connectivity index (χ0v) is 31.5. The standard InChI is InChI=1S/C23H32N4O7S.5C2H6/c1-7-9-15(10-14(3)28)33-19(29)12-24-20(30)16(8-2)27-21(31)17-13-35-18(26-17)11-25-22(32)34-23(4,5)6;5*1-2/h7-9,13,15H,10-12H2,1-6H3,(H,24,30)(H,25,32)(H,27,31);5*1-2H3/b9-7+,16-8-;;;;;. The lowest BCUT2D eigenvalue weighted by atomic mass is 10.2. The van der Waals surface area contributed by atoms with Gasteiger partial charge < -0.3 is 25.4 Å². The molecule has 0 spiro atoms. The van der Waals surface area contributed by atoms with Crippen LogP contribution in [0.25, 0.3) is 0 Å². The Morgan fingerprint density at radius 3 is 1.89 bits per heavy atom. The van der Waals surface area contributed by atoms with Crippen molar-refractivity contribution in [3.8, 4) is 0 Å². The Morgan fingerprint density at radius 2 is 1.44 bits per heavy atom. The lowest BCUT2D eigenvalue weighted by Gasteiger charge is -2.19. The van der Waals surface area contributed by atoms with Crippen molar-refractivity contribution in [2.45, 2.75) is 135 Å². The van der Waals surface area contributed by atoms with E-state index in [2.05, 4.69) is 20.9 Å². The molecular weight excluding hydrogens is 596 g/mol. The van der Waals surface area contributed by atoms with E-state index in [1.165, 1.54) is 18.4 Å². The Bertz CT molecular complexity index is 997. The highest BCUT2D eigenvalue weighted by molar-refractivity contribution is 7.09. The molecule has 0 bridgehead atoms. The highest BCUT2D eigenvalue weighted by Gasteiger charge is 2.20. The van der Waals surface area contributed by atoms with Crippen molar-refractivity contribution in [1.82, 2.24) is 20.9 Å². The Balaban J connectivity index is -0.000000482. The van der Waals surface area contributed by atoms with Crippen LogP contribution in [0.2, 0.25) is 0 Å². The number of thiazole rings is 1. The number of nitrogens with zero attached hydrogens (tertiary/aromatic N) is 1. The molecule has 1 aromatic heterocycles. The second-order valence-electron chi connectivity index (χ2n) is 8.28. The molecule has 1 atom stereocenters. The second-order valence-corrected chi connectivity index (χ2v) is 9.22. The fraction of sp³-hybridized carbons (Fsp3) is 0.636. The molecule has 0 aliphatic heterocycles. The van der Waals surface area contributed by atoms with Gasteiger partial charge in [0.05, 0.1) is 6.54 Å². The average Bonchev–Trinajstić information content (AvgIpc) is 3.51. The number of aromatic nitrogens is 1. The monoisotopic (exact) mass is 658 g/mol. The summed E-state index contributed by atoms with van der Waals surface area (Å²) in [5.41, 5.74) is -0.667. The van der Waals surface area contributed by atoms with Crippen LogP contribution in [0.1, 0.15) is 133 Å². The zero-order valence-electron chi connectivity index (χ0n) is 30.7. The van der Waals surface area contributed by atoms with Crippen molar-refractivity contribution >= 4 is 41.0 Å². The maximum Gasteiger partial charge on any atom is 0.408 e. The van der Waals surface area contributed by atoms with Crippen molar-refractivity contribution in [3.05, 3.63) is 40.0 Å². The van der Waals surface area contributed by atoms with Crippen LogP contribution in [0.5, 0.6) is 0 Å². The van der Waals surface area contributed by atoms with Crippen molar-refractivity contribution in [3.63, 3.8) is 0 Å². The first-order chi connectivity index (χ1) is 21.3. The normalized spacial score (nSPS) is 10.4. The van der Waals surface area contributed by atoms with E-state index >= 15 is 0 Å². The number of allylic oxidation sites excluding steroid dienone is 2. The molecule has 0 aromatic carbocycles. The van der Waals surface area contributed by atoms with Gasteiger partial charge in [0, 0.05) is 11.8 Å². The quantitative estimate of drug-likeness (QED) is 0.125. The van der Waals surface area contributed by atoms with Gasteiger partial charge in [-0.1, -0.05) is 81.4 Å². The van der Waals surface area contributed by atoms with Gasteiger partial charge in [-0.15, -0.1) is 11.3 Å². The third-order valence-electron chi connectivity index (χ3n) is 3.92. The van der Waals surface area contributed by atoms with E-state index in [1.54, 1.807) is 46.8 Å². The fourth-order valence-electron chi connectivity index (χ4n) is 2.51. The van der Waals surface area contributed by atoms with E-state index in [1.807, 2.05) is 69.2 Å². The number of hydrogen-bond donors (Lipinski definition) is 3. The average molecular weight is 659 g/mol. The molecule has 0 aliphatic rings. The van der Waals surface area contributed by atoms with Crippen LogP contribution in [0.4, 0.5) is 4.79 Å². The van der Waals surface area contributed by atoms with Crippen LogP contribution in [0.3, 0.4) is 0 Å². The first-order valence-electron chi connectivity index (χ1n) is 15.8. The number of ether oxygens (including phenoxy) is 2. The molecule has 1 heterocycles. The molecule has 12 heteroatoms. The topological polar surface area (TPSA) is 153 Å². The largest absolute Gasteiger partial charge is 0.456 e. The number of amides is 3. The van der Waals surface area contributed by atoms with Crippen LogP contribution in [-0.4, -0.2) is 52.9 Å². The molecule has 1 aromatic rings. The summed E-state index contributed by atoms with van der Waals surface area (Å²) >= 11 is 1.16. The van der Waals surface area contributed by atoms with Gasteiger partial charge in [0.2, 0.25) is 0 Å². The molecule has 1 rings (SSSR count). The first kappa shape index (κ1) is 51.1. The van der Waals surface area contributed by atoms with E-state index in [9.17, 15) is 24.0 Å². The van der Waals surface area contributed by atoms with Crippen molar-refractivity contribution < 1.29 is 33.4 Å². The van der Waals surface area contributed by atoms with Crippen LogP contribution >= 0.6 is 11.3 Å². The summed E-state index contributed by atoms with van der Waals surface area (Å²) in [6.07, 6.45) is 3.31. The third-order valence-corrected chi connectivity index (χ3v) is 4.77. The van der Waals surface area contributed by atoms with Gasteiger partial charge in [-0.2, -0.15) is 0 Å². The van der Waals surface area contributed by atoms with Crippen LogP contribution < -0.4 is 16.0 Å². The predicted molar refractivity (Wildman–Crippen MR) is 186 cm³/mol. The molecule has 0 saturated heterocycles. The van der Waals surface area contributed by atoms with Gasteiger partial charge >= 0.3 is 12.1 Å². The molecule has 45 heavy (non-hydrogen) atoms. The smallest absolute Gasteiger partial charge is 0.408 e. The van der Waals surface area contributed by atoms with Crippen LogP contribution in [0, 0.1) is 0 Å². The number of carbonyl (C=O) groups is 5. The molecule has 3 N–H and O–H groups in total. The first-order valence-corrected chi connectivity index (χ1v) is 16.7. The molecule has 0 saturated carbocycles. The summed E-state index contributed by atoms with van der Waals surface area (Å²) in [6.45, 7) is 29.5. The molecule has 262 valence electrons. The van der Waals surface area contributed by atoms with Gasteiger partial charge in [0.15, 0.2) is 0 Å². The summed E-state index contributed by atoms with van der Waals surface area (Å²) in [7, 11) is 0. The molecular formula is C33H62N4O7S. The summed E-state index contributed by atoms with van der Waals surface area (Å²) < 4.78 is 10.3. The van der Waals surface area contributed by atoms with Gasteiger partial charge in [-0.3, -0.25) is 19.2 Å². The van der Waals surface area contributed by atoms with E-state index in [4.69, 9.17) is 9.47 Å². The summed E-state index contributed by atoms with van der Waals surface area (Å²) in [5, 5.41) is 9.31. The lowest BCUT2D eigenvalue weighted by Crippen LogP contribution is -2.38. The van der Waals surface area contributed by atoms with E-state index in [0.29, 0.717) is 5.01 Å². The van der Waals surface area contributed by atoms with Gasteiger partial charge in [-0.25, -0.2) is 9.78 Å². The summed E-state index contributed by atoms with van der Waals surface area (Å²) in [5.74, 6) is -2.21. The maximum absolute atomic E-state index is 12.5. The van der Waals surface area contributed by atoms with Crippen LogP contribution in [-0.2, 0) is 30.4 Å². The minimum atomic E-state index is -0.730. The van der Waals surface area contributed by atoms with E-state index in [0.717, 1.165) is 11.3 Å². The number of alkyl carbamates (subject to hydrolysis) is 1. The maximum atomic E-state index is 12.5. The highest BCUT2D eigenvalue weighted by Crippen LogP contribution is 2.11. The number of Topliss-reactive ketones (excluding diaryl/α,β-unsaturated/α-hetero) is 1. The Morgan fingerprint density at radius 1 is 0.911 bits per heavy atom. The van der Waals surface area contributed by atoms with Crippen LogP contribution in [0.15, 0.2) is 29.3 Å². The molecule has 0 fully saturated rings. The summed E-state index contributed by atoms with van der Waals surface area (Å²) in [4.78, 5) is 64.0. The fourth-order valence-corrected chi connectivity index (χ4v) is 3.22. The molecule has 3 amide bonds. The third kappa shape index (κ3) is 29.0. The number of carbonyl (C=O) groups excluding carboxylic acids is 5. The SMILES string of the molecule is C/C=C(\NC(=O)c1csc(CNC(=O)OC(C)(C)C)n1)C(=O)NCC(=O)OC(/C=C/C)CC(C)=O.CC.CC.CC.CC.CC. The molecule has 11 nitrogen and oxygen atoms in total. The van der Waals surface area contributed by atoms with Gasteiger partial charge in [-0.05, 0) is 47.6 Å². The highest BCUT2D eigenvalue weighted by atomic mass is 32.1. The Hall–Kier alpha value is -3.54. The lowest BCUT2D eigenvalue weighted by molar-refractivity contribution is -0.147. The minimum Gasteiger partial charge on any atom is -0.456 e. The predicted octanol–water partition coefficient (Wildman–Crippen LogP) is 7.52. The molecule has 1 unspecified atom stereocenters. The van der Waals surface area contributed by atoms with E-state index in [-0.39, 0.29) is 30.1 Å². The zero-order chi connectivity index (χ0) is 36.6. The minimum absolute atomic E-state index is 0.0309. The van der Waals surface area contributed by atoms with Gasteiger partial charge in [0.25, 0.3) is 11.8 Å². The number of esters is 1. The van der Waals surface area contributed by atoms with Crippen molar-refractivity contribution in [2.24, 2.45) is 0 Å². The Kier molecular flexibility index (Phi) is 37.8. The van der Waals surface area contributed by atoms with Crippen molar-refractivity contribution in [2.75, 3.05) is 6.54 Å². The molecule has 0 aliphatic carbocycles. The number of nitrogens with one attached hydrogen (secondary N) is 3. The van der Waals surface area contributed by atoms with E-state index < -0.39 is 42.1 Å². The number of hydrogen-bond acceptors (Lipinski definition) is 9. The summed E-state index contributed by atoms with van der Waals surface area (Å²) in [6, 6.07) is 0. The van der Waals surface area contributed by atoms with Crippen molar-refractivity contribution in [1.29, 1.82) is 0 Å². The van der Waals surface area contributed by atoms with Gasteiger partial charge in [0.1, 0.15) is 40.4 Å². The molecule has 0 radical (unpaired) electrons. The number of ketones is 1. The second kappa shape index (κ2) is 33.4. The number of rotatable bonds is 11.